The van der Waals surface area contributed by atoms with E-state index in [-0.39, 0.29) is 59.1 Å². The highest BCUT2D eigenvalue weighted by Gasteiger charge is 2.69. The Morgan fingerprint density at radius 1 is 1.11 bits per heavy atom. The van der Waals surface area contributed by atoms with Gasteiger partial charge in [0.25, 0.3) is 0 Å². The van der Waals surface area contributed by atoms with Gasteiger partial charge in [0, 0.05) is 24.4 Å². The minimum Gasteiger partial charge on any atom is -0.356 e. The van der Waals surface area contributed by atoms with E-state index in [0.29, 0.717) is 19.5 Å². The molecule has 36 heavy (non-hydrogen) atoms. The van der Waals surface area contributed by atoms with Gasteiger partial charge < -0.3 is 20.9 Å². The fourth-order valence-electron chi connectivity index (χ4n) is 6.63. The lowest BCUT2D eigenvalue weighted by Crippen LogP contribution is -2.58. The molecular formula is C27H41N5O4. The van der Waals surface area contributed by atoms with Crippen molar-refractivity contribution in [1.82, 2.24) is 20.9 Å². The smallest absolute Gasteiger partial charge is 0.245 e. The zero-order chi connectivity index (χ0) is 26.4. The van der Waals surface area contributed by atoms with E-state index < -0.39 is 23.5 Å². The minimum atomic E-state index is -0.800. The fourth-order valence-corrected chi connectivity index (χ4v) is 6.63. The lowest BCUT2D eigenvalue weighted by Gasteiger charge is -2.36. The van der Waals surface area contributed by atoms with Crippen LogP contribution in [0.3, 0.4) is 0 Å². The van der Waals surface area contributed by atoms with Crippen LogP contribution in [-0.2, 0) is 19.2 Å². The van der Waals surface area contributed by atoms with Crippen molar-refractivity contribution in [2.45, 2.75) is 91.3 Å². The molecule has 3 N–H and O–H groups in total. The van der Waals surface area contributed by atoms with Crippen LogP contribution in [0.25, 0.3) is 0 Å². The first-order valence-corrected chi connectivity index (χ1v) is 13.5. The summed E-state index contributed by atoms with van der Waals surface area (Å²) in [7, 11) is 0. The van der Waals surface area contributed by atoms with Gasteiger partial charge in [-0.15, -0.1) is 0 Å². The van der Waals surface area contributed by atoms with Crippen LogP contribution in [0.5, 0.6) is 0 Å². The van der Waals surface area contributed by atoms with Crippen molar-refractivity contribution >= 4 is 23.6 Å². The minimum absolute atomic E-state index is 0.0124. The number of hydrogen-bond donors (Lipinski definition) is 3. The van der Waals surface area contributed by atoms with E-state index in [1.807, 2.05) is 20.8 Å². The lowest BCUT2D eigenvalue weighted by molar-refractivity contribution is -0.144. The van der Waals surface area contributed by atoms with Gasteiger partial charge in [-0.1, -0.05) is 47.5 Å². The van der Waals surface area contributed by atoms with Gasteiger partial charge in [-0.3, -0.25) is 19.2 Å². The highest BCUT2D eigenvalue weighted by atomic mass is 16.2. The van der Waals surface area contributed by atoms with Gasteiger partial charge in [0.05, 0.1) is 6.07 Å². The Morgan fingerprint density at radius 2 is 1.81 bits per heavy atom. The van der Waals surface area contributed by atoms with Crippen LogP contribution in [0, 0.1) is 45.8 Å². The summed E-state index contributed by atoms with van der Waals surface area (Å²) in [6, 6.07) is 0.00683. The number of nitrogens with one attached hydrogen (secondary N) is 3. The zero-order valence-corrected chi connectivity index (χ0v) is 22.2. The molecule has 9 heteroatoms. The topological polar surface area (TPSA) is 131 Å². The number of rotatable bonds is 1. The Hall–Kier alpha value is -2.63. The van der Waals surface area contributed by atoms with Crippen molar-refractivity contribution < 1.29 is 19.2 Å². The van der Waals surface area contributed by atoms with E-state index >= 15 is 0 Å². The molecule has 0 aromatic heterocycles. The van der Waals surface area contributed by atoms with E-state index in [2.05, 4.69) is 35.9 Å². The third-order valence-corrected chi connectivity index (χ3v) is 9.04. The van der Waals surface area contributed by atoms with Gasteiger partial charge in [-0.05, 0) is 48.9 Å². The summed E-state index contributed by atoms with van der Waals surface area (Å²) in [6.45, 7) is 10.8. The molecule has 3 aliphatic heterocycles. The van der Waals surface area contributed by atoms with Crippen molar-refractivity contribution in [1.29, 1.82) is 5.26 Å². The number of fused-ring (bicyclic) bond motifs is 4. The molecule has 1 aliphatic carbocycles. The van der Waals surface area contributed by atoms with Crippen molar-refractivity contribution in [3.8, 4) is 6.07 Å². The Balaban J connectivity index is 1.63. The molecule has 7 atom stereocenters. The average Bonchev–Trinajstić information content (AvgIpc) is 3.14. The molecule has 3 saturated heterocycles. The molecule has 0 bridgehead atoms. The normalized spacial score (nSPS) is 36.7. The average molecular weight is 500 g/mol. The van der Waals surface area contributed by atoms with Gasteiger partial charge in [-0.25, -0.2) is 0 Å². The maximum absolute atomic E-state index is 13.8. The van der Waals surface area contributed by atoms with Gasteiger partial charge >= 0.3 is 0 Å². The summed E-state index contributed by atoms with van der Waals surface area (Å²) < 4.78 is 0. The summed E-state index contributed by atoms with van der Waals surface area (Å²) >= 11 is 0. The number of carbonyl (C=O) groups excluding carboxylic acids is 4. The first-order valence-electron chi connectivity index (χ1n) is 13.5. The molecule has 0 radical (unpaired) electrons. The molecular weight excluding hydrogens is 458 g/mol. The van der Waals surface area contributed by atoms with Crippen molar-refractivity contribution in [2.75, 3.05) is 13.1 Å². The summed E-state index contributed by atoms with van der Waals surface area (Å²) in [5.74, 6) is -0.767. The standard InChI is InChI=1S/C27H41N5O4/c1-26(2,3)25(36)31-19-9-7-6-8-15-10-11-29-22(33)17(15)12-16(13-28)30-23(34)21-20-18(27(20,4)5)14-32(21)24(19)35/h15-21H,6-12,14H2,1-5H3,(H,29,33)(H,30,34)(H,31,36)/t15-,16-,17-,18-,19-,20-,21-/m0/s1. The number of nitriles is 1. The molecule has 3 heterocycles. The number of hydrogen-bond acceptors (Lipinski definition) is 5. The molecule has 4 fully saturated rings. The lowest BCUT2D eigenvalue weighted by atomic mass is 9.78. The molecule has 198 valence electrons. The van der Waals surface area contributed by atoms with E-state index in [1.165, 1.54) is 0 Å². The predicted molar refractivity (Wildman–Crippen MR) is 133 cm³/mol. The van der Waals surface area contributed by atoms with Crippen molar-refractivity contribution in [2.24, 2.45) is 34.5 Å². The zero-order valence-electron chi connectivity index (χ0n) is 22.2. The molecule has 9 nitrogen and oxygen atoms in total. The Kier molecular flexibility index (Phi) is 7.11. The summed E-state index contributed by atoms with van der Waals surface area (Å²) in [5, 5.41) is 18.6. The third-order valence-electron chi connectivity index (χ3n) is 9.04. The van der Waals surface area contributed by atoms with Gasteiger partial charge in [0.1, 0.15) is 18.1 Å². The fraction of sp³-hybridized carbons (Fsp3) is 0.815. The molecule has 4 aliphatic rings. The van der Waals surface area contributed by atoms with Gasteiger partial charge in [-0.2, -0.15) is 5.26 Å². The predicted octanol–water partition coefficient (Wildman–Crippen LogP) is 1.73. The van der Waals surface area contributed by atoms with E-state index in [0.717, 1.165) is 25.7 Å². The molecule has 0 spiro atoms. The Bertz CT molecular complexity index is 964. The SMILES string of the molecule is CC(C)(C)C(=O)N[C@H]1CCCC[C@H]2CCNC(=O)[C@H]2C[C@@H](C#N)NC(=O)[C@@H]2[C@@H]3[C@H](CN2C1=O)C3(C)C. The molecule has 0 aromatic carbocycles. The molecule has 4 amide bonds. The van der Waals surface area contributed by atoms with Crippen LogP contribution in [0.2, 0.25) is 0 Å². The highest BCUT2D eigenvalue weighted by molar-refractivity contribution is 5.94. The molecule has 1 saturated carbocycles. The Labute approximate surface area is 214 Å². The van der Waals surface area contributed by atoms with Crippen LogP contribution in [0.15, 0.2) is 0 Å². The van der Waals surface area contributed by atoms with Crippen LogP contribution >= 0.6 is 0 Å². The third kappa shape index (κ3) is 4.96. The second-order valence-corrected chi connectivity index (χ2v) is 12.8. The van der Waals surface area contributed by atoms with E-state index in [1.54, 1.807) is 4.90 Å². The summed E-state index contributed by atoms with van der Waals surface area (Å²) in [4.78, 5) is 54.6. The number of nitrogens with zero attached hydrogens (tertiary/aromatic N) is 2. The largest absolute Gasteiger partial charge is 0.356 e. The first kappa shape index (κ1) is 26.4. The second-order valence-electron chi connectivity index (χ2n) is 12.8. The van der Waals surface area contributed by atoms with Gasteiger partial charge in [0.15, 0.2) is 0 Å². The number of carbonyl (C=O) groups is 4. The van der Waals surface area contributed by atoms with Gasteiger partial charge in [0.2, 0.25) is 23.6 Å². The number of piperidine rings is 2. The van der Waals surface area contributed by atoms with Crippen LogP contribution in [0.1, 0.15) is 73.1 Å². The maximum Gasteiger partial charge on any atom is 0.245 e. The second kappa shape index (κ2) is 9.68. The van der Waals surface area contributed by atoms with E-state index in [9.17, 15) is 24.4 Å². The van der Waals surface area contributed by atoms with Crippen LogP contribution in [0.4, 0.5) is 0 Å². The monoisotopic (exact) mass is 499 g/mol. The molecule has 0 aromatic rings. The van der Waals surface area contributed by atoms with E-state index in [4.69, 9.17) is 0 Å². The maximum atomic E-state index is 13.8. The van der Waals surface area contributed by atoms with Crippen molar-refractivity contribution in [3.05, 3.63) is 0 Å². The highest BCUT2D eigenvalue weighted by Crippen LogP contribution is 2.65. The number of amides is 4. The Morgan fingerprint density at radius 3 is 2.47 bits per heavy atom. The summed E-state index contributed by atoms with van der Waals surface area (Å²) in [5.41, 5.74) is -0.709. The van der Waals surface area contributed by atoms with Crippen LogP contribution in [-0.4, -0.2) is 59.7 Å². The van der Waals surface area contributed by atoms with Crippen molar-refractivity contribution in [3.63, 3.8) is 0 Å². The molecule has 4 rings (SSSR count). The van der Waals surface area contributed by atoms with Crippen LogP contribution < -0.4 is 16.0 Å². The molecule has 0 unspecified atom stereocenters. The first-order chi connectivity index (χ1) is 16.9. The quantitative estimate of drug-likeness (QED) is 0.506. The summed E-state index contributed by atoms with van der Waals surface area (Å²) in [6.07, 6.45) is 3.98.